The van der Waals surface area contributed by atoms with Crippen LogP contribution in [0.2, 0.25) is 0 Å². The number of ether oxygens (including phenoxy) is 2. The molecule has 7 heteroatoms. The number of nitrogens with two attached hydrogens (primary N) is 1. The molecule has 0 saturated heterocycles. The average molecular weight is 386 g/mol. The zero-order chi connectivity index (χ0) is 20.3. The zero-order valence-corrected chi connectivity index (χ0v) is 15.9. The van der Waals surface area contributed by atoms with Crippen LogP contribution in [0.15, 0.2) is 36.4 Å². The predicted molar refractivity (Wildman–Crippen MR) is 103 cm³/mol. The summed E-state index contributed by atoms with van der Waals surface area (Å²) in [6.07, 6.45) is 1.01. The number of carbonyl (C=O) groups excluding carboxylic acids is 2. The molecule has 2 aromatic rings. The molecule has 0 aliphatic carbocycles. The summed E-state index contributed by atoms with van der Waals surface area (Å²) in [6, 6.07) is 9.10. The minimum Gasteiger partial charge on any atom is -0.437 e. The van der Waals surface area contributed by atoms with Crippen LogP contribution in [0, 0.1) is 12.7 Å². The molecule has 1 heterocycles. The first kappa shape index (κ1) is 19.8. The molecule has 0 spiro atoms. The average Bonchev–Trinajstić information content (AvgIpc) is 2.69. The zero-order valence-electron chi connectivity index (χ0n) is 15.9. The molecule has 1 aliphatic rings. The van der Waals surface area contributed by atoms with Gasteiger partial charge in [-0.2, -0.15) is 0 Å². The predicted octanol–water partition coefficient (Wildman–Crippen LogP) is 3.13. The fourth-order valence-corrected chi connectivity index (χ4v) is 3.45. The van der Waals surface area contributed by atoms with Crippen molar-refractivity contribution in [1.82, 2.24) is 0 Å². The number of halogens is 1. The Hall–Kier alpha value is -2.93. The molecule has 3 rings (SSSR count). The Morgan fingerprint density at radius 1 is 1.29 bits per heavy atom. The number of amides is 1. The van der Waals surface area contributed by atoms with Crippen molar-refractivity contribution in [3.63, 3.8) is 0 Å². The van der Waals surface area contributed by atoms with Crippen LogP contribution in [0.1, 0.15) is 23.1 Å². The third kappa shape index (κ3) is 4.14. The quantitative estimate of drug-likeness (QED) is 0.645. The largest absolute Gasteiger partial charge is 0.513 e. The molecule has 0 aromatic heterocycles. The molecule has 0 bridgehead atoms. The number of benzene rings is 2. The Kier molecular flexibility index (Phi) is 5.94. The Bertz CT molecular complexity index is 900. The third-order valence-corrected chi connectivity index (χ3v) is 4.87. The SMILES string of the molecule is COC(=O)Oc1ccc(CC(N)C(=O)N2CCCc3cccc(F)c32)c(C)c1. The van der Waals surface area contributed by atoms with Crippen molar-refractivity contribution in [3.8, 4) is 5.75 Å². The van der Waals surface area contributed by atoms with E-state index >= 15 is 0 Å². The topological polar surface area (TPSA) is 81.9 Å². The Morgan fingerprint density at radius 2 is 2.07 bits per heavy atom. The standard InChI is InChI=1S/C21H23FN2O4/c1-13-11-16(28-21(26)27-2)9-8-15(13)12-18(23)20(25)24-10-4-6-14-5-3-7-17(22)19(14)24/h3,5,7-9,11,18H,4,6,10,12,23H2,1-2H3. The number of anilines is 1. The van der Waals surface area contributed by atoms with Gasteiger partial charge in [-0.05, 0) is 61.1 Å². The molecule has 0 radical (unpaired) electrons. The van der Waals surface area contributed by atoms with Crippen LogP contribution in [0.4, 0.5) is 14.9 Å². The molecule has 0 fully saturated rings. The van der Waals surface area contributed by atoms with Crippen molar-refractivity contribution in [3.05, 3.63) is 58.9 Å². The maximum atomic E-state index is 14.3. The summed E-state index contributed by atoms with van der Waals surface area (Å²) in [5, 5.41) is 0. The highest BCUT2D eigenvalue weighted by atomic mass is 19.1. The number of hydrogen-bond donors (Lipinski definition) is 1. The van der Waals surface area contributed by atoms with E-state index in [9.17, 15) is 14.0 Å². The monoisotopic (exact) mass is 386 g/mol. The van der Waals surface area contributed by atoms with Crippen LogP contribution in [-0.2, 0) is 22.4 Å². The second kappa shape index (κ2) is 8.39. The van der Waals surface area contributed by atoms with Gasteiger partial charge in [0.05, 0.1) is 18.8 Å². The van der Waals surface area contributed by atoms with Gasteiger partial charge in [-0.3, -0.25) is 4.79 Å². The van der Waals surface area contributed by atoms with E-state index in [1.54, 1.807) is 24.3 Å². The van der Waals surface area contributed by atoms with E-state index in [4.69, 9.17) is 10.5 Å². The van der Waals surface area contributed by atoms with E-state index in [1.165, 1.54) is 18.1 Å². The molecule has 1 amide bonds. The number of aryl methyl sites for hydroxylation is 2. The summed E-state index contributed by atoms with van der Waals surface area (Å²) in [5.41, 5.74) is 9.02. The first-order valence-electron chi connectivity index (χ1n) is 9.10. The Labute approximate surface area is 163 Å². The molecule has 1 unspecified atom stereocenters. The number of rotatable bonds is 4. The van der Waals surface area contributed by atoms with E-state index in [2.05, 4.69) is 4.74 Å². The lowest BCUT2D eigenvalue weighted by Crippen LogP contribution is -2.47. The highest BCUT2D eigenvalue weighted by Gasteiger charge is 2.29. The molecule has 28 heavy (non-hydrogen) atoms. The van der Waals surface area contributed by atoms with Crippen molar-refractivity contribution in [2.45, 2.75) is 32.2 Å². The molecule has 1 atom stereocenters. The number of para-hydroxylation sites is 1. The number of carbonyl (C=O) groups is 2. The molecular weight excluding hydrogens is 363 g/mol. The Morgan fingerprint density at radius 3 is 2.79 bits per heavy atom. The highest BCUT2D eigenvalue weighted by Crippen LogP contribution is 2.30. The van der Waals surface area contributed by atoms with Crippen LogP contribution in [-0.4, -0.2) is 31.8 Å². The van der Waals surface area contributed by atoms with Gasteiger partial charge < -0.3 is 20.1 Å². The lowest BCUT2D eigenvalue weighted by atomic mass is 9.97. The first-order valence-corrected chi connectivity index (χ1v) is 9.10. The van der Waals surface area contributed by atoms with E-state index in [0.717, 1.165) is 29.5 Å². The molecule has 148 valence electrons. The number of hydrogen-bond acceptors (Lipinski definition) is 5. The van der Waals surface area contributed by atoms with Crippen LogP contribution in [0.25, 0.3) is 0 Å². The van der Waals surface area contributed by atoms with E-state index in [1.807, 2.05) is 13.0 Å². The summed E-state index contributed by atoms with van der Waals surface area (Å²) in [6.45, 7) is 2.29. The number of nitrogens with zero attached hydrogens (tertiary/aromatic N) is 1. The van der Waals surface area contributed by atoms with E-state index < -0.39 is 18.0 Å². The molecular formula is C21H23FN2O4. The van der Waals surface area contributed by atoms with Crippen LogP contribution in [0.5, 0.6) is 5.75 Å². The van der Waals surface area contributed by atoms with Gasteiger partial charge in [-0.1, -0.05) is 18.2 Å². The van der Waals surface area contributed by atoms with Crippen LogP contribution in [0.3, 0.4) is 0 Å². The van der Waals surface area contributed by atoms with Crippen molar-refractivity contribution >= 4 is 17.7 Å². The second-order valence-electron chi connectivity index (χ2n) is 6.80. The smallest absolute Gasteiger partial charge is 0.437 e. The van der Waals surface area contributed by atoms with Crippen LogP contribution >= 0.6 is 0 Å². The highest BCUT2D eigenvalue weighted by molar-refractivity contribution is 5.98. The maximum absolute atomic E-state index is 14.3. The molecule has 6 nitrogen and oxygen atoms in total. The minimum atomic E-state index is -0.809. The molecule has 2 N–H and O–H groups in total. The fourth-order valence-electron chi connectivity index (χ4n) is 3.45. The van der Waals surface area contributed by atoms with Crippen LogP contribution < -0.4 is 15.4 Å². The fraction of sp³-hybridized carbons (Fsp3) is 0.333. The normalized spacial score (nSPS) is 14.2. The first-order chi connectivity index (χ1) is 13.4. The molecule has 0 saturated carbocycles. The van der Waals surface area contributed by atoms with Gasteiger partial charge in [-0.15, -0.1) is 0 Å². The summed E-state index contributed by atoms with van der Waals surface area (Å²) in [4.78, 5) is 25.6. The summed E-state index contributed by atoms with van der Waals surface area (Å²) < 4.78 is 23.8. The number of fused-ring (bicyclic) bond motifs is 1. The van der Waals surface area contributed by atoms with Crippen molar-refractivity contribution in [1.29, 1.82) is 0 Å². The van der Waals surface area contributed by atoms with E-state index in [-0.39, 0.29) is 5.91 Å². The summed E-state index contributed by atoms with van der Waals surface area (Å²) >= 11 is 0. The lowest BCUT2D eigenvalue weighted by molar-refractivity contribution is -0.119. The maximum Gasteiger partial charge on any atom is 0.513 e. The third-order valence-electron chi connectivity index (χ3n) is 4.87. The van der Waals surface area contributed by atoms with Crippen molar-refractivity contribution in [2.24, 2.45) is 5.73 Å². The van der Waals surface area contributed by atoms with Gasteiger partial charge in [0.25, 0.3) is 0 Å². The lowest BCUT2D eigenvalue weighted by Gasteiger charge is -2.31. The van der Waals surface area contributed by atoms with Gasteiger partial charge in [0.15, 0.2) is 0 Å². The number of methoxy groups -OCH3 is 1. The van der Waals surface area contributed by atoms with Crippen molar-refractivity contribution < 1.29 is 23.5 Å². The van der Waals surface area contributed by atoms with Gasteiger partial charge >= 0.3 is 6.16 Å². The minimum absolute atomic E-state index is 0.295. The van der Waals surface area contributed by atoms with Gasteiger partial charge in [-0.25, -0.2) is 9.18 Å². The van der Waals surface area contributed by atoms with Gasteiger partial charge in [0, 0.05) is 6.54 Å². The van der Waals surface area contributed by atoms with E-state index in [0.29, 0.717) is 24.4 Å². The van der Waals surface area contributed by atoms with Gasteiger partial charge in [0.2, 0.25) is 5.91 Å². The Balaban J connectivity index is 1.75. The molecule has 1 aliphatic heterocycles. The summed E-state index contributed by atoms with van der Waals surface area (Å²) in [7, 11) is 1.23. The summed E-state index contributed by atoms with van der Waals surface area (Å²) in [5.74, 6) is -0.362. The van der Waals surface area contributed by atoms with Gasteiger partial charge in [0.1, 0.15) is 11.6 Å². The molecule has 2 aromatic carbocycles. The second-order valence-corrected chi connectivity index (χ2v) is 6.80. The van der Waals surface area contributed by atoms with Crippen molar-refractivity contribution in [2.75, 3.05) is 18.6 Å².